The van der Waals surface area contributed by atoms with E-state index in [-0.39, 0.29) is 11.6 Å². The molecule has 0 unspecified atom stereocenters. The predicted octanol–water partition coefficient (Wildman–Crippen LogP) is 4.67. The maximum absolute atomic E-state index is 11.3. The first kappa shape index (κ1) is 19.9. The molecule has 0 aromatic rings. The van der Waals surface area contributed by atoms with Crippen LogP contribution in [0.1, 0.15) is 60.3 Å². The van der Waals surface area contributed by atoms with Gasteiger partial charge in [0.25, 0.3) is 0 Å². The minimum absolute atomic E-state index is 0.0193. The summed E-state index contributed by atoms with van der Waals surface area (Å²) in [6.07, 6.45) is 10.1. The minimum atomic E-state index is -0.269. The van der Waals surface area contributed by atoms with Crippen molar-refractivity contribution in [2.24, 2.45) is 5.92 Å². The van der Waals surface area contributed by atoms with E-state index < -0.39 is 0 Å². The summed E-state index contributed by atoms with van der Waals surface area (Å²) < 4.78 is 10.3. The average Bonchev–Trinajstić information content (AvgIpc) is 2.38. The third-order valence-electron chi connectivity index (χ3n) is 3.58. The maximum atomic E-state index is 11.3. The Labute approximate surface area is 130 Å². The van der Waals surface area contributed by atoms with Gasteiger partial charge >= 0.3 is 5.97 Å². The highest BCUT2D eigenvalue weighted by Gasteiger charge is 2.15. The third-order valence-corrected chi connectivity index (χ3v) is 3.58. The number of methoxy groups -OCH3 is 1. The van der Waals surface area contributed by atoms with Gasteiger partial charge in [0.1, 0.15) is 0 Å². The monoisotopic (exact) mass is 296 g/mol. The molecular formula is C18H32O3. The molecule has 0 fully saturated rings. The van der Waals surface area contributed by atoms with Crippen molar-refractivity contribution in [1.82, 2.24) is 0 Å². The standard InChI is InChI=1S/C18H32O3/c1-7-21-17(19)14-16(3)11-8-10-15(2)12-9-13-18(4,5)20-6/h8,11,14-15H,7,9-10,12-13H2,1-6H3/b11-8+,16-14+/t15-/m1/s1. The molecule has 0 saturated heterocycles. The van der Waals surface area contributed by atoms with Gasteiger partial charge in [-0.25, -0.2) is 4.79 Å². The predicted molar refractivity (Wildman–Crippen MR) is 88.3 cm³/mol. The van der Waals surface area contributed by atoms with Crippen molar-refractivity contribution in [1.29, 1.82) is 0 Å². The molecule has 0 aliphatic heterocycles. The fraction of sp³-hybridized carbons (Fsp3) is 0.722. The Morgan fingerprint density at radius 1 is 1.33 bits per heavy atom. The zero-order valence-corrected chi connectivity index (χ0v) is 14.6. The van der Waals surface area contributed by atoms with Gasteiger partial charge in [-0.15, -0.1) is 0 Å². The van der Waals surface area contributed by atoms with E-state index in [4.69, 9.17) is 9.47 Å². The highest BCUT2D eigenvalue weighted by molar-refractivity contribution is 5.83. The van der Waals surface area contributed by atoms with Crippen molar-refractivity contribution >= 4 is 5.97 Å². The lowest BCUT2D eigenvalue weighted by Crippen LogP contribution is -2.22. The second-order valence-electron chi connectivity index (χ2n) is 6.24. The topological polar surface area (TPSA) is 35.5 Å². The van der Waals surface area contributed by atoms with Crippen LogP contribution in [0.3, 0.4) is 0 Å². The molecule has 0 rings (SSSR count). The smallest absolute Gasteiger partial charge is 0.330 e. The van der Waals surface area contributed by atoms with E-state index in [0.29, 0.717) is 12.5 Å². The molecule has 0 aliphatic rings. The highest BCUT2D eigenvalue weighted by Crippen LogP contribution is 2.20. The molecule has 0 aromatic carbocycles. The number of ether oxygens (including phenoxy) is 2. The van der Waals surface area contributed by atoms with Crippen molar-refractivity contribution in [3.63, 3.8) is 0 Å². The summed E-state index contributed by atoms with van der Waals surface area (Å²) in [7, 11) is 1.77. The third kappa shape index (κ3) is 11.3. The molecule has 0 heterocycles. The van der Waals surface area contributed by atoms with Crippen LogP contribution in [0, 0.1) is 5.92 Å². The summed E-state index contributed by atoms with van der Waals surface area (Å²) in [4.78, 5) is 11.3. The summed E-state index contributed by atoms with van der Waals surface area (Å²) in [6, 6.07) is 0. The van der Waals surface area contributed by atoms with E-state index in [1.165, 1.54) is 18.9 Å². The fourth-order valence-electron chi connectivity index (χ4n) is 2.00. The van der Waals surface area contributed by atoms with Crippen molar-refractivity contribution in [2.45, 2.75) is 65.9 Å². The Balaban J connectivity index is 3.99. The zero-order valence-electron chi connectivity index (χ0n) is 14.6. The van der Waals surface area contributed by atoms with Gasteiger partial charge in [0, 0.05) is 13.2 Å². The van der Waals surface area contributed by atoms with Gasteiger partial charge in [0.05, 0.1) is 12.2 Å². The molecule has 0 amide bonds. The van der Waals surface area contributed by atoms with Crippen LogP contribution in [0.4, 0.5) is 0 Å². The van der Waals surface area contributed by atoms with E-state index in [1.54, 1.807) is 7.11 Å². The Morgan fingerprint density at radius 2 is 2.00 bits per heavy atom. The zero-order chi connectivity index (χ0) is 16.3. The van der Waals surface area contributed by atoms with Crippen molar-refractivity contribution in [3.05, 3.63) is 23.8 Å². The molecule has 0 bridgehead atoms. The summed E-state index contributed by atoms with van der Waals surface area (Å²) in [5, 5.41) is 0. The second kappa shape index (κ2) is 10.6. The molecule has 122 valence electrons. The van der Waals surface area contributed by atoms with Crippen LogP contribution in [0.2, 0.25) is 0 Å². The Hall–Kier alpha value is -1.09. The lowest BCUT2D eigenvalue weighted by molar-refractivity contribution is -0.137. The van der Waals surface area contributed by atoms with E-state index >= 15 is 0 Å². The van der Waals surface area contributed by atoms with Crippen LogP contribution >= 0.6 is 0 Å². The number of hydrogen-bond donors (Lipinski definition) is 0. The molecule has 0 aliphatic carbocycles. The first-order valence-electron chi connectivity index (χ1n) is 7.87. The van der Waals surface area contributed by atoms with E-state index in [1.807, 2.05) is 19.9 Å². The minimum Gasteiger partial charge on any atom is -0.463 e. The van der Waals surface area contributed by atoms with Gasteiger partial charge < -0.3 is 9.47 Å². The van der Waals surface area contributed by atoms with Crippen molar-refractivity contribution in [3.8, 4) is 0 Å². The molecule has 0 radical (unpaired) electrons. The first-order chi connectivity index (χ1) is 9.80. The van der Waals surface area contributed by atoms with E-state index in [0.717, 1.165) is 18.4 Å². The van der Waals surface area contributed by atoms with Crippen molar-refractivity contribution in [2.75, 3.05) is 13.7 Å². The normalized spacial score (nSPS) is 14.5. The Kier molecular flexibility index (Phi) is 10.1. The number of allylic oxidation sites excluding steroid dienone is 3. The molecule has 0 spiro atoms. The van der Waals surface area contributed by atoms with Gasteiger partial charge in [-0.2, -0.15) is 0 Å². The van der Waals surface area contributed by atoms with Crippen LogP contribution in [0.25, 0.3) is 0 Å². The van der Waals surface area contributed by atoms with Gasteiger partial charge in [-0.05, 0) is 52.0 Å². The molecule has 1 atom stereocenters. The Bertz CT molecular complexity index is 353. The SMILES string of the molecule is CCOC(=O)/C=C(C)/C=C/C[C@@H](C)CCCC(C)(C)OC. The van der Waals surface area contributed by atoms with Crippen LogP contribution in [0.15, 0.2) is 23.8 Å². The first-order valence-corrected chi connectivity index (χ1v) is 7.87. The van der Waals surface area contributed by atoms with Crippen LogP contribution in [-0.2, 0) is 14.3 Å². The molecule has 0 saturated carbocycles. The van der Waals surface area contributed by atoms with Crippen molar-refractivity contribution < 1.29 is 14.3 Å². The summed E-state index contributed by atoms with van der Waals surface area (Å²) in [5.41, 5.74) is 0.912. The van der Waals surface area contributed by atoms with Gasteiger partial charge in [0.15, 0.2) is 0 Å². The second-order valence-corrected chi connectivity index (χ2v) is 6.24. The van der Waals surface area contributed by atoms with Gasteiger partial charge in [-0.3, -0.25) is 0 Å². The van der Waals surface area contributed by atoms with E-state index in [9.17, 15) is 4.79 Å². The lowest BCUT2D eigenvalue weighted by Gasteiger charge is -2.23. The number of rotatable bonds is 10. The quantitative estimate of drug-likeness (QED) is 0.334. The molecule has 3 heteroatoms. The summed E-state index contributed by atoms with van der Waals surface area (Å²) >= 11 is 0. The van der Waals surface area contributed by atoms with Crippen LogP contribution in [0.5, 0.6) is 0 Å². The summed E-state index contributed by atoms with van der Waals surface area (Å²) in [5.74, 6) is 0.374. The van der Waals surface area contributed by atoms with Crippen LogP contribution < -0.4 is 0 Å². The van der Waals surface area contributed by atoms with E-state index in [2.05, 4.69) is 26.8 Å². The number of carbonyl (C=O) groups is 1. The number of hydrogen-bond acceptors (Lipinski definition) is 3. The average molecular weight is 296 g/mol. The Morgan fingerprint density at radius 3 is 2.57 bits per heavy atom. The molecule has 0 N–H and O–H groups in total. The lowest BCUT2D eigenvalue weighted by atomic mass is 9.95. The highest BCUT2D eigenvalue weighted by atomic mass is 16.5. The fourth-order valence-corrected chi connectivity index (χ4v) is 2.00. The molecule has 0 aromatic heterocycles. The number of esters is 1. The molecular weight excluding hydrogens is 264 g/mol. The van der Waals surface area contributed by atoms with Gasteiger partial charge in [-0.1, -0.05) is 31.9 Å². The van der Waals surface area contributed by atoms with Gasteiger partial charge in [0.2, 0.25) is 0 Å². The largest absolute Gasteiger partial charge is 0.463 e. The molecule has 21 heavy (non-hydrogen) atoms. The number of carbonyl (C=O) groups excluding carboxylic acids is 1. The maximum Gasteiger partial charge on any atom is 0.330 e. The van der Waals surface area contributed by atoms with Crippen LogP contribution in [-0.4, -0.2) is 25.3 Å². The molecule has 3 nitrogen and oxygen atoms in total. The summed E-state index contributed by atoms with van der Waals surface area (Å²) in [6.45, 7) is 10.7.